The van der Waals surface area contributed by atoms with Gasteiger partial charge in [0.1, 0.15) is 5.54 Å². The third kappa shape index (κ3) is 4.77. The van der Waals surface area contributed by atoms with E-state index in [1.165, 1.54) is 9.87 Å². The Balaban J connectivity index is 1.28. The van der Waals surface area contributed by atoms with Crippen LogP contribution >= 0.6 is 0 Å². The molecule has 0 unspecified atom stereocenters. The maximum Gasteiger partial charge on any atom is 0.325 e. The molecule has 0 radical (unpaired) electrons. The zero-order valence-corrected chi connectivity index (χ0v) is 20.1. The number of piperazine rings is 1. The number of hydrogen-bond acceptors (Lipinski definition) is 5. The van der Waals surface area contributed by atoms with E-state index in [0.29, 0.717) is 24.4 Å². The van der Waals surface area contributed by atoms with Crippen molar-refractivity contribution in [1.82, 2.24) is 19.4 Å². The van der Waals surface area contributed by atoms with Gasteiger partial charge in [0.15, 0.2) is 0 Å². The monoisotopic (exact) mass is 476 g/mol. The van der Waals surface area contributed by atoms with Crippen molar-refractivity contribution in [2.45, 2.75) is 62.8 Å². The molecule has 4 rings (SSSR count). The molecule has 2 saturated heterocycles. The first-order valence-corrected chi connectivity index (χ1v) is 13.1. The minimum absolute atomic E-state index is 0.0906. The number of benzene rings is 1. The van der Waals surface area contributed by atoms with Gasteiger partial charge in [-0.25, -0.2) is 13.2 Å². The SMILES string of the molecule is CC1(C)NC(=O)N(CCCC(=O)N2CCN(S(=O)(=O)c3ccc4c(c3)CCCC4)CC2)C1=O. The van der Waals surface area contributed by atoms with Crippen molar-refractivity contribution in [3.63, 3.8) is 0 Å². The highest BCUT2D eigenvalue weighted by Crippen LogP contribution is 2.26. The maximum absolute atomic E-state index is 13.1. The third-order valence-corrected chi connectivity index (χ3v) is 8.66. The van der Waals surface area contributed by atoms with Crippen molar-refractivity contribution in [3.05, 3.63) is 29.3 Å². The normalized spacial score (nSPS) is 21.2. The topological polar surface area (TPSA) is 107 Å². The van der Waals surface area contributed by atoms with Crippen LogP contribution in [0, 0.1) is 0 Å². The summed E-state index contributed by atoms with van der Waals surface area (Å²) in [7, 11) is -3.59. The van der Waals surface area contributed by atoms with Gasteiger partial charge in [0.05, 0.1) is 4.90 Å². The molecule has 180 valence electrons. The first kappa shape index (κ1) is 23.7. The van der Waals surface area contributed by atoms with Gasteiger partial charge >= 0.3 is 6.03 Å². The Morgan fingerprint density at radius 1 is 1.03 bits per heavy atom. The van der Waals surface area contributed by atoms with E-state index in [0.717, 1.165) is 36.1 Å². The van der Waals surface area contributed by atoms with Crippen LogP contribution in [0.1, 0.15) is 50.7 Å². The fourth-order valence-corrected chi connectivity index (χ4v) is 6.24. The average molecular weight is 477 g/mol. The highest BCUT2D eigenvalue weighted by atomic mass is 32.2. The highest BCUT2D eigenvalue weighted by molar-refractivity contribution is 7.89. The Hall–Kier alpha value is -2.46. The number of hydrogen-bond donors (Lipinski definition) is 1. The predicted octanol–water partition coefficient (Wildman–Crippen LogP) is 1.51. The molecule has 3 aliphatic rings. The number of carbonyl (C=O) groups excluding carboxylic acids is 3. The van der Waals surface area contributed by atoms with Crippen molar-refractivity contribution in [2.24, 2.45) is 0 Å². The summed E-state index contributed by atoms with van der Waals surface area (Å²) in [5.74, 6) is -0.381. The van der Waals surface area contributed by atoms with Gasteiger partial charge in [-0.3, -0.25) is 14.5 Å². The van der Waals surface area contributed by atoms with Crippen LogP contribution in [-0.4, -0.2) is 78.6 Å². The van der Waals surface area contributed by atoms with Gasteiger partial charge in [-0.2, -0.15) is 4.31 Å². The van der Waals surface area contributed by atoms with Crippen molar-refractivity contribution in [1.29, 1.82) is 0 Å². The minimum atomic E-state index is -3.59. The van der Waals surface area contributed by atoms with E-state index >= 15 is 0 Å². The first-order valence-electron chi connectivity index (χ1n) is 11.6. The second-order valence-corrected chi connectivity index (χ2v) is 11.5. The number of sulfonamides is 1. The van der Waals surface area contributed by atoms with Gasteiger partial charge < -0.3 is 10.2 Å². The Kier molecular flexibility index (Phi) is 6.50. The average Bonchev–Trinajstić information content (AvgIpc) is 3.00. The Morgan fingerprint density at radius 2 is 1.70 bits per heavy atom. The Bertz CT molecular complexity index is 1060. The summed E-state index contributed by atoms with van der Waals surface area (Å²) in [6, 6.07) is 5.03. The summed E-state index contributed by atoms with van der Waals surface area (Å²) in [4.78, 5) is 39.9. The third-order valence-electron chi connectivity index (χ3n) is 6.77. The Morgan fingerprint density at radius 3 is 2.33 bits per heavy atom. The van der Waals surface area contributed by atoms with E-state index in [-0.39, 0.29) is 37.9 Å². The molecular formula is C23H32N4O5S. The molecule has 0 atom stereocenters. The van der Waals surface area contributed by atoms with E-state index in [4.69, 9.17) is 0 Å². The van der Waals surface area contributed by atoms with E-state index in [9.17, 15) is 22.8 Å². The van der Waals surface area contributed by atoms with Crippen LogP contribution in [0.25, 0.3) is 0 Å². The highest BCUT2D eigenvalue weighted by Gasteiger charge is 2.43. The molecule has 0 spiro atoms. The van der Waals surface area contributed by atoms with Gasteiger partial charge in [-0.05, 0) is 69.2 Å². The fourth-order valence-electron chi connectivity index (χ4n) is 4.76. The second-order valence-electron chi connectivity index (χ2n) is 9.54. The summed E-state index contributed by atoms with van der Waals surface area (Å²) in [6.45, 7) is 4.66. The number of nitrogens with zero attached hydrogens (tertiary/aromatic N) is 3. The quantitative estimate of drug-likeness (QED) is 0.627. The standard InChI is InChI=1S/C23H32N4O5S/c1-23(2)21(29)27(22(30)24-23)11-5-8-20(28)25-12-14-26(15-13-25)33(31,32)19-10-9-17-6-3-4-7-18(17)16-19/h9-10,16H,3-8,11-15H2,1-2H3,(H,24,30). The summed E-state index contributed by atoms with van der Waals surface area (Å²) in [6.07, 6.45) is 4.74. The van der Waals surface area contributed by atoms with Crippen LogP contribution < -0.4 is 5.32 Å². The number of fused-ring (bicyclic) bond motifs is 1. The number of amides is 4. The Labute approximate surface area is 195 Å². The van der Waals surface area contributed by atoms with Crippen molar-refractivity contribution >= 4 is 27.9 Å². The largest absolute Gasteiger partial charge is 0.340 e. The van der Waals surface area contributed by atoms with Gasteiger partial charge in [-0.15, -0.1) is 0 Å². The zero-order chi connectivity index (χ0) is 23.8. The van der Waals surface area contributed by atoms with Crippen molar-refractivity contribution in [3.8, 4) is 0 Å². The lowest BCUT2D eigenvalue weighted by Gasteiger charge is -2.34. The lowest BCUT2D eigenvalue weighted by Crippen LogP contribution is -2.50. The molecule has 1 aromatic carbocycles. The summed E-state index contributed by atoms with van der Waals surface area (Å²) in [5, 5.41) is 2.62. The lowest BCUT2D eigenvalue weighted by atomic mass is 9.92. The number of urea groups is 1. The number of carbonyl (C=O) groups is 3. The summed E-state index contributed by atoms with van der Waals surface area (Å²) in [5.41, 5.74) is 1.46. The summed E-state index contributed by atoms with van der Waals surface area (Å²) < 4.78 is 27.7. The molecule has 9 nitrogen and oxygen atoms in total. The number of aryl methyl sites for hydroxylation is 2. The molecule has 2 heterocycles. The van der Waals surface area contributed by atoms with E-state index in [1.807, 2.05) is 12.1 Å². The molecular weight excluding hydrogens is 444 g/mol. The second kappa shape index (κ2) is 9.06. The zero-order valence-electron chi connectivity index (χ0n) is 19.3. The van der Waals surface area contributed by atoms with Crippen molar-refractivity contribution < 1.29 is 22.8 Å². The van der Waals surface area contributed by atoms with Crippen LogP contribution in [0.2, 0.25) is 0 Å². The smallest absolute Gasteiger partial charge is 0.325 e. The van der Waals surface area contributed by atoms with Crippen LogP contribution in [0.3, 0.4) is 0 Å². The number of nitrogens with one attached hydrogen (secondary N) is 1. The van der Waals surface area contributed by atoms with Crippen molar-refractivity contribution in [2.75, 3.05) is 32.7 Å². The minimum Gasteiger partial charge on any atom is -0.340 e. The number of rotatable bonds is 6. The molecule has 1 N–H and O–H groups in total. The van der Waals surface area contributed by atoms with E-state index in [2.05, 4.69) is 5.32 Å². The van der Waals surface area contributed by atoms with Crippen LogP contribution in [0.5, 0.6) is 0 Å². The molecule has 1 aromatic rings. The van der Waals surface area contributed by atoms with Gasteiger partial charge in [0.25, 0.3) is 5.91 Å². The van der Waals surface area contributed by atoms with Gasteiger partial charge in [0.2, 0.25) is 15.9 Å². The molecule has 1 aliphatic carbocycles. The number of imide groups is 1. The van der Waals surface area contributed by atoms with Gasteiger partial charge in [-0.1, -0.05) is 6.07 Å². The van der Waals surface area contributed by atoms with Crippen LogP contribution in [0.4, 0.5) is 4.79 Å². The molecule has 4 amide bonds. The maximum atomic E-state index is 13.1. The molecule has 10 heteroatoms. The molecule has 0 saturated carbocycles. The van der Waals surface area contributed by atoms with Gasteiger partial charge in [0, 0.05) is 39.1 Å². The predicted molar refractivity (Wildman–Crippen MR) is 122 cm³/mol. The van der Waals surface area contributed by atoms with Crippen LogP contribution in [-0.2, 0) is 32.5 Å². The molecule has 0 bridgehead atoms. The molecule has 2 aliphatic heterocycles. The van der Waals surface area contributed by atoms with E-state index < -0.39 is 21.6 Å². The lowest BCUT2D eigenvalue weighted by molar-refractivity contribution is -0.133. The molecule has 2 fully saturated rings. The molecule has 33 heavy (non-hydrogen) atoms. The first-order chi connectivity index (χ1) is 15.6. The molecule has 0 aromatic heterocycles. The summed E-state index contributed by atoms with van der Waals surface area (Å²) >= 11 is 0. The fraction of sp³-hybridized carbons (Fsp3) is 0.609. The van der Waals surface area contributed by atoms with Crippen LogP contribution in [0.15, 0.2) is 23.1 Å². The van der Waals surface area contributed by atoms with E-state index in [1.54, 1.807) is 24.8 Å².